The number of nitrogens with zero attached hydrogens (tertiary/aromatic N) is 2. The van der Waals surface area contributed by atoms with Crippen LogP contribution >= 0.6 is 0 Å². The number of halogens is 1. The maximum Gasteiger partial charge on any atom is 0.237 e. The van der Waals surface area contributed by atoms with Gasteiger partial charge in [0.15, 0.2) is 0 Å². The Morgan fingerprint density at radius 3 is 2.90 bits per heavy atom. The van der Waals surface area contributed by atoms with Crippen molar-refractivity contribution in [2.45, 2.75) is 32.0 Å². The number of hydrogen-bond acceptors (Lipinski definition) is 4. The number of carbonyl (C=O) groups excluding carboxylic acids is 2. The molecule has 0 aromatic heterocycles. The molecule has 6 nitrogen and oxygen atoms in total. The summed E-state index contributed by atoms with van der Waals surface area (Å²) in [7, 11) is 2.08. The third-order valence-electron chi connectivity index (χ3n) is 5.91. The van der Waals surface area contributed by atoms with E-state index in [0.717, 1.165) is 18.5 Å². The van der Waals surface area contributed by atoms with Crippen molar-refractivity contribution in [2.24, 2.45) is 0 Å². The number of anilines is 1. The average molecular weight is 410 g/mol. The SMILES string of the molecule is CN1CCc2cc(CNC(=O)C[C@H]3C(=O)NCCN3Cc3ccccc3F)ccc21. The predicted octanol–water partition coefficient (Wildman–Crippen LogP) is 1.82. The summed E-state index contributed by atoms with van der Waals surface area (Å²) in [5.74, 6) is -0.671. The van der Waals surface area contributed by atoms with Crippen LogP contribution in [0.5, 0.6) is 0 Å². The zero-order valence-electron chi connectivity index (χ0n) is 17.2. The molecule has 2 aliphatic heterocycles. The van der Waals surface area contributed by atoms with Crippen molar-refractivity contribution in [1.82, 2.24) is 15.5 Å². The number of fused-ring (bicyclic) bond motifs is 1. The van der Waals surface area contributed by atoms with Gasteiger partial charge in [-0.15, -0.1) is 0 Å². The van der Waals surface area contributed by atoms with E-state index in [2.05, 4.69) is 34.7 Å². The van der Waals surface area contributed by atoms with E-state index in [0.29, 0.717) is 31.7 Å². The standard InChI is InChI=1S/C23H27FN4O2/c1-27-10-8-17-12-16(6-7-20(17)27)14-26-22(29)13-21-23(30)25-9-11-28(21)15-18-4-2-3-5-19(18)24/h2-7,12,21H,8-11,13-15H2,1H3,(H,25,30)(H,26,29)/t21-/m0/s1. The Hall–Kier alpha value is -2.93. The van der Waals surface area contributed by atoms with Gasteiger partial charge in [-0.1, -0.05) is 30.3 Å². The summed E-state index contributed by atoms with van der Waals surface area (Å²) in [5, 5.41) is 5.75. The second kappa shape index (κ2) is 8.83. The molecule has 2 N–H and O–H groups in total. The van der Waals surface area contributed by atoms with E-state index in [9.17, 15) is 14.0 Å². The van der Waals surface area contributed by atoms with Crippen LogP contribution in [0.1, 0.15) is 23.1 Å². The summed E-state index contributed by atoms with van der Waals surface area (Å²) in [6, 6.07) is 12.2. The van der Waals surface area contributed by atoms with Crippen LogP contribution < -0.4 is 15.5 Å². The summed E-state index contributed by atoms with van der Waals surface area (Å²) < 4.78 is 14.0. The lowest BCUT2D eigenvalue weighted by Crippen LogP contribution is -2.56. The number of nitrogens with one attached hydrogen (secondary N) is 2. The quantitative estimate of drug-likeness (QED) is 0.763. The molecule has 1 saturated heterocycles. The summed E-state index contributed by atoms with van der Waals surface area (Å²) >= 11 is 0. The fraction of sp³-hybridized carbons (Fsp3) is 0.391. The monoisotopic (exact) mass is 410 g/mol. The van der Waals surface area contributed by atoms with Crippen LogP contribution in [0.2, 0.25) is 0 Å². The number of carbonyl (C=O) groups is 2. The van der Waals surface area contributed by atoms with Crippen molar-refractivity contribution >= 4 is 17.5 Å². The molecule has 0 unspecified atom stereocenters. The topological polar surface area (TPSA) is 64.7 Å². The molecular weight excluding hydrogens is 383 g/mol. The van der Waals surface area contributed by atoms with Crippen LogP contribution in [0.25, 0.3) is 0 Å². The van der Waals surface area contributed by atoms with Crippen LogP contribution in [0, 0.1) is 5.82 Å². The molecule has 0 saturated carbocycles. The molecule has 0 spiro atoms. The highest BCUT2D eigenvalue weighted by atomic mass is 19.1. The zero-order valence-corrected chi connectivity index (χ0v) is 17.2. The second-order valence-electron chi connectivity index (χ2n) is 7.98. The van der Waals surface area contributed by atoms with Crippen molar-refractivity contribution in [3.05, 3.63) is 65.0 Å². The number of piperazine rings is 1. The molecule has 1 fully saturated rings. The summed E-state index contributed by atoms with van der Waals surface area (Å²) in [6.45, 7) is 2.82. The maximum atomic E-state index is 14.0. The van der Waals surface area contributed by atoms with E-state index in [4.69, 9.17) is 0 Å². The molecule has 0 radical (unpaired) electrons. The Labute approximate surface area is 176 Å². The first kappa shape index (κ1) is 20.3. The van der Waals surface area contributed by atoms with Gasteiger partial charge >= 0.3 is 0 Å². The molecule has 0 bridgehead atoms. The van der Waals surface area contributed by atoms with Crippen molar-refractivity contribution in [3.63, 3.8) is 0 Å². The van der Waals surface area contributed by atoms with Gasteiger partial charge in [0.25, 0.3) is 0 Å². The lowest BCUT2D eigenvalue weighted by Gasteiger charge is -2.34. The molecule has 158 valence electrons. The smallest absolute Gasteiger partial charge is 0.237 e. The van der Waals surface area contributed by atoms with Crippen molar-refractivity contribution in [3.8, 4) is 0 Å². The fourth-order valence-corrected chi connectivity index (χ4v) is 4.20. The molecular formula is C23H27FN4O2. The van der Waals surface area contributed by atoms with E-state index < -0.39 is 6.04 Å². The van der Waals surface area contributed by atoms with Crippen LogP contribution in [-0.4, -0.2) is 49.4 Å². The van der Waals surface area contributed by atoms with E-state index in [-0.39, 0.29) is 24.1 Å². The Kier molecular flexibility index (Phi) is 5.99. The molecule has 2 heterocycles. The predicted molar refractivity (Wildman–Crippen MR) is 113 cm³/mol. The second-order valence-corrected chi connectivity index (χ2v) is 7.98. The van der Waals surface area contributed by atoms with E-state index >= 15 is 0 Å². The third kappa shape index (κ3) is 4.46. The maximum absolute atomic E-state index is 14.0. The number of amides is 2. The number of rotatable bonds is 6. The molecule has 4 rings (SSSR count). The molecule has 2 aliphatic rings. The van der Waals surface area contributed by atoms with Gasteiger partial charge in [-0.25, -0.2) is 4.39 Å². The van der Waals surface area contributed by atoms with Gasteiger partial charge in [0.05, 0.1) is 12.5 Å². The van der Waals surface area contributed by atoms with Crippen molar-refractivity contribution in [2.75, 3.05) is 31.6 Å². The molecule has 0 aliphatic carbocycles. The van der Waals surface area contributed by atoms with Crippen LogP contribution in [0.15, 0.2) is 42.5 Å². The van der Waals surface area contributed by atoms with Gasteiger partial charge in [-0.3, -0.25) is 14.5 Å². The first-order valence-corrected chi connectivity index (χ1v) is 10.4. The van der Waals surface area contributed by atoms with Crippen LogP contribution in [0.3, 0.4) is 0 Å². The third-order valence-corrected chi connectivity index (χ3v) is 5.91. The van der Waals surface area contributed by atoms with Gasteiger partial charge < -0.3 is 15.5 Å². The summed E-state index contributed by atoms with van der Waals surface area (Å²) in [4.78, 5) is 29.1. The van der Waals surface area contributed by atoms with Gasteiger partial charge in [-0.2, -0.15) is 0 Å². The van der Waals surface area contributed by atoms with Crippen molar-refractivity contribution in [1.29, 1.82) is 0 Å². The van der Waals surface area contributed by atoms with E-state index in [1.54, 1.807) is 18.2 Å². The van der Waals surface area contributed by atoms with Crippen LogP contribution in [-0.2, 0) is 29.1 Å². The average Bonchev–Trinajstić information content (AvgIpc) is 3.11. The summed E-state index contributed by atoms with van der Waals surface area (Å²) in [6.07, 6.45) is 1.06. The lowest BCUT2D eigenvalue weighted by atomic mass is 10.1. The first-order chi connectivity index (χ1) is 14.5. The fourth-order valence-electron chi connectivity index (χ4n) is 4.20. The normalized spacial score (nSPS) is 18.8. The molecule has 1 atom stereocenters. The zero-order chi connectivity index (χ0) is 21.1. The number of benzene rings is 2. The van der Waals surface area contributed by atoms with Gasteiger partial charge in [0.2, 0.25) is 11.8 Å². The Morgan fingerprint density at radius 1 is 1.23 bits per heavy atom. The lowest BCUT2D eigenvalue weighted by molar-refractivity contribution is -0.134. The van der Waals surface area contributed by atoms with Gasteiger partial charge in [-0.05, 0) is 29.7 Å². The molecule has 2 aromatic rings. The highest BCUT2D eigenvalue weighted by molar-refractivity contribution is 5.88. The summed E-state index contributed by atoms with van der Waals surface area (Å²) in [5.41, 5.74) is 4.12. The van der Waals surface area contributed by atoms with Gasteiger partial charge in [0.1, 0.15) is 5.82 Å². The minimum absolute atomic E-state index is 0.0496. The highest BCUT2D eigenvalue weighted by Crippen LogP contribution is 2.27. The highest BCUT2D eigenvalue weighted by Gasteiger charge is 2.32. The minimum Gasteiger partial charge on any atom is -0.374 e. The Bertz CT molecular complexity index is 949. The van der Waals surface area contributed by atoms with Gasteiger partial charge in [0, 0.05) is 51.0 Å². The van der Waals surface area contributed by atoms with E-state index in [1.807, 2.05) is 11.0 Å². The number of likely N-dealkylation sites (N-methyl/N-ethyl adjacent to an activating group) is 1. The molecule has 2 aromatic carbocycles. The molecule has 2 amide bonds. The van der Waals surface area contributed by atoms with Crippen LogP contribution in [0.4, 0.5) is 10.1 Å². The Morgan fingerprint density at radius 2 is 2.07 bits per heavy atom. The van der Waals surface area contributed by atoms with E-state index in [1.165, 1.54) is 17.3 Å². The Balaban J connectivity index is 1.37. The largest absolute Gasteiger partial charge is 0.374 e. The first-order valence-electron chi connectivity index (χ1n) is 10.4. The van der Waals surface area contributed by atoms with Crippen molar-refractivity contribution < 1.29 is 14.0 Å². The number of hydrogen-bond donors (Lipinski definition) is 2. The minimum atomic E-state index is -0.605. The molecule has 7 heteroatoms. The molecule has 30 heavy (non-hydrogen) atoms.